The van der Waals surface area contributed by atoms with Gasteiger partial charge in [0.1, 0.15) is 5.82 Å². The Morgan fingerprint density at radius 3 is 2.78 bits per heavy atom. The van der Waals surface area contributed by atoms with Crippen LogP contribution in [0.25, 0.3) is 0 Å². The quantitative estimate of drug-likeness (QED) is 0.925. The number of nitrogens with zero attached hydrogens (tertiary/aromatic N) is 1. The van der Waals surface area contributed by atoms with Crippen LogP contribution in [0.5, 0.6) is 0 Å². The lowest BCUT2D eigenvalue weighted by Crippen LogP contribution is -2.02. The SMILES string of the molecule is Cc1nc(C)c(C(O)Cc2cccc(F)c2Br)s1. The summed E-state index contributed by atoms with van der Waals surface area (Å²) in [6.07, 6.45) is -0.268. The van der Waals surface area contributed by atoms with E-state index in [2.05, 4.69) is 20.9 Å². The molecule has 96 valence electrons. The Hall–Kier alpha value is -0.780. The molecule has 0 amide bonds. The Balaban J connectivity index is 2.24. The Morgan fingerprint density at radius 1 is 1.44 bits per heavy atom. The van der Waals surface area contributed by atoms with Crippen molar-refractivity contribution in [1.29, 1.82) is 0 Å². The zero-order valence-electron chi connectivity index (χ0n) is 10.1. The van der Waals surface area contributed by atoms with Crippen molar-refractivity contribution in [2.45, 2.75) is 26.4 Å². The molecule has 0 aliphatic heterocycles. The highest BCUT2D eigenvalue weighted by molar-refractivity contribution is 9.10. The van der Waals surface area contributed by atoms with E-state index in [1.165, 1.54) is 17.4 Å². The van der Waals surface area contributed by atoms with Gasteiger partial charge in [-0.15, -0.1) is 11.3 Å². The van der Waals surface area contributed by atoms with Crippen molar-refractivity contribution in [2.75, 3.05) is 0 Å². The third-order valence-corrected chi connectivity index (χ3v) is 4.75. The first-order chi connectivity index (χ1) is 8.49. The molecule has 1 heterocycles. The molecule has 1 N–H and O–H groups in total. The minimum atomic E-state index is -0.644. The van der Waals surface area contributed by atoms with Crippen LogP contribution >= 0.6 is 27.3 Å². The monoisotopic (exact) mass is 329 g/mol. The summed E-state index contributed by atoms with van der Waals surface area (Å²) >= 11 is 4.69. The summed E-state index contributed by atoms with van der Waals surface area (Å²) in [7, 11) is 0. The summed E-state index contributed by atoms with van der Waals surface area (Å²) < 4.78 is 13.8. The average Bonchev–Trinajstić information content (AvgIpc) is 2.64. The average molecular weight is 330 g/mol. The zero-order valence-corrected chi connectivity index (χ0v) is 12.5. The summed E-state index contributed by atoms with van der Waals surface area (Å²) in [4.78, 5) is 5.14. The predicted molar refractivity (Wildman–Crippen MR) is 74.4 cm³/mol. The van der Waals surface area contributed by atoms with Gasteiger partial charge in [0.2, 0.25) is 0 Å². The predicted octanol–water partition coefficient (Wildman–Crippen LogP) is 3.94. The highest BCUT2D eigenvalue weighted by atomic mass is 79.9. The van der Waals surface area contributed by atoms with Crippen LogP contribution in [0.15, 0.2) is 22.7 Å². The highest BCUT2D eigenvalue weighted by Crippen LogP contribution is 2.30. The standard InChI is InChI=1S/C13H13BrFNOS/c1-7-13(18-8(2)16-7)11(17)6-9-4-3-5-10(15)12(9)14/h3-5,11,17H,6H2,1-2H3. The topological polar surface area (TPSA) is 33.1 Å². The van der Waals surface area contributed by atoms with Gasteiger partial charge in [-0.25, -0.2) is 9.37 Å². The van der Waals surface area contributed by atoms with Crippen LogP contribution in [0.2, 0.25) is 0 Å². The van der Waals surface area contributed by atoms with Crippen molar-refractivity contribution < 1.29 is 9.50 Å². The number of hydrogen-bond donors (Lipinski definition) is 1. The van der Waals surface area contributed by atoms with E-state index >= 15 is 0 Å². The van der Waals surface area contributed by atoms with Gasteiger partial charge in [-0.3, -0.25) is 0 Å². The molecular formula is C13H13BrFNOS. The van der Waals surface area contributed by atoms with Crippen LogP contribution < -0.4 is 0 Å². The molecule has 1 aromatic carbocycles. The van der Waals surface area contributed by atoms with E-state index in [1.54, 1.807) is 12.1 Å². The molecule has 1 aromatic heterocycles. The third-order valence-electron chi connectivity index (χ3n) is 2.69. The number of aryl methyl sites for hydroxylation is 2. The molecular weight excluding hydrogens is 317 g/mol. The lowest BCUT2D eigenvalue weighted by Gasteiger charge is -2.11. The Bertz CT molecular complexity index is 570. The molecule has 0 spiro atoms. The molecule has 0 saturated carbocycles. The van der Waals surface area contributed by atoms with Gasteiger partial charge >= 0.3 is 0 Å². The molecule has 2 aromatic rings. The van der Waals surface area contributed by atoms with Gasteiger partial charge in [0, 0.05) is 6.42 Å². The number of rotatable bonds is 3. The normalized spacial score (nSPS) is 12.7. The molecule has 18 heavy (non-hydrogen) atoms. The summed E-state index contributed by atoms with van der Waals surface area (Å²) in [5, 5.41) is 11.1. The van der Waals surface area contributed by atoms with E-state index in [4.69, 9.17) is 0 Å². The van der Waals surface area contributed by atoms with E-state index in [0.29, 0.717) is 10.9 Å². The second-order valence-electron chi connectivity index (χ2n) is 4.12. The fraction of sp³-hybridized carbons (Fsp3) is 0.308. The molecule has 1 atom stereocenters. The number of aliphatic hydroxyl groups is 1. The molecule has 2 rings (SSSR count). The fourth-order valence-electron chi connectivity index (χ4n) is 1.86. The second kappa shape index (κ2) is 5.47. The number of benzene rings is 1. The second-order valence-corrected chi connectivity index (χ2v) is 6.14. The number of thiazole rings is 1. The van der Waals surface area contributed by atoms with Gasteiger partial charge in [-0.2, -0.15) is 0 Å². The lowest BCUT2D eigenvalue weighted by molar-refractivity contribution is 0.181. The van der Waals surface area contributed by atoms with E-state index in [0.717, 1.165) is 21.1 Å². The number of hydrogen-bond acceptors (Lipinski definition) is 3. The van der Waals surface area contributed by atoms with Gasteiger partial charge in [-0.1, -0.05) is 12.1 Å². The van der Waals surface area contributed by atoms with Crippen LogP contribution in [0.4, 0.5) is 4.39 Å². The van der Waals surface area contributed by atoms with E-state index in [9.17, 15) is 9.50 Å². The molecule has 0 radical (unpaired) electrons. The third kappa shape index (κ3) is 2.79. The van der Waals surface area contributed by atoms with E-state index in [-0.39, 0.29) is 5.82 Å². The van der Waals surface area contributed by atoms with Crippen molar-refractivity contribution in [3.8, 4) is 0 Å². The van der Waals surface area contributed by atoms with Gasteiger partial charge in [0.25, 0.3) is 0 Å². The largest absolute Gasteiger partial charge is 0.387 e. The van der Waals surface area contributed by atoms with Crippen molar-refractivity contribution >= 4 is 27.3 Å². The zero-order chi connectivity index (χ0) is 13.3. The Labute approximate surface area is 118 Å². The maximum absolute atomic E-state index is 13.4. The first-order valence-corrected chi connectivity index (χ1v) is 7.15. The Kier molecular flexibility index (Phi) is 4.14. The molecule has 0 fully saturated rings. The summed E-state index contributed by atoms with van der Waals surface area (Å²) in [5.41, 5.74) is 1.60. The maximum Gasteiger partial charge on any atom is 0.137 e. The van der Waals surface area contributed by atoms with Crippen molar-refractivity contribution in [3.63, 3.8) is 0 Å². The van der Waals surface area contributed by atoms with Crippen LogP contribution in [0.1, 0.15) is 27.2 Å². The van der Waals surface area contributed by atoms with E-state index in [1.807, 2.05) is 13.8 Å². The first kappa shape index (κ1) is 13.6. The molecule has 0 aliphatic rings. The molecule has 0 bridgehead atoms. The molecule has 0 saturated heterocycles. The van der Waals surface area contributed by atoms with Crippen LogP contribution in [0, 0.1) is 19.7 Å². The van der Waals surface area contributed by atoms with E-state index < -0.39 is 6.10 Å². The van der Waals surface area contributed by atoms with Crippen molar-refractivity contribution in [2.24, 2.45) is 0 Å². The first-order valence-electron chi connectivity index (χ1n) is 5.54. The van der Waals surface area contributed by atoms with Crippen LogP contribution in [-0.2, 0) is 6.42 Å². The molecule has 1 unspecified atom stereocenters. The molecule has 5 heteroatoms. The summed E-state index contributed by atoms with van der Waals surface area (Å²) in [6, 6.07) is 4.84. The van der Waals surface area contributed by atoms with Gasteiger partial charge in [-0.05, 0) is 41.4 Å². The highest BCUT2D eigenvalue weighted by Gasteiger charge is 2.17. The summed E-state index contributed by atoms with van der Waals surface area (Å²) in [6.45, 7) is 3.79. The lowest BCUT2D eigenvalue weighted by atomic mass is 10.1. The summed E-state index contributed by atoms with van der Waals surface area (Å²) in [5.74, 6) is -0.308. The fourth-order valence-corrected chi connectivity index (χ4v) is 3.20. The number of aliphatic hydroxyl groups excluding tert-OH is 1. The van der Waals surface area contributed by atoms with Crippen LogP contribution in [0.3, 0.4) is 0 Å². The minimum absolute atomic E-state index is 0.308. The molecule has 0 aliphatic carbocycles. The van der Waals surface area contributed by atoms with Gasteiger partial charge in [0.15, 0.2) is 0 Å². The van der Waals surface area contributed by atoms with Gasteiger partial charge in [0.05, 0.1) is 26.2 Å². The minimum Gasteiger partial charge on any atom is -0.387 e. The van der Waals surface area contributed by atoms with Gasteiger partial charge < -0.3 is 5.11 Å². The van der Waals surface area contributed by atoms with Crippen molar-refractivity contribution in [1.82, 2.24) is 4.98 Å². The maximum atomic E-state index is 13.4. The smallest absolute Gasteiger partial charge is 0.137 e. The number of aromatic nitrogens is 1. The van der Waals surface area contributed by atoms with Crippen LogP contribution in [-0.4, -0.2) is 10.1 Å². The number of halogens is 2. The molecule has 2 nitrogen and oxygen atoms in total. The van der Waals surface area contributed by atoms with Crippen molar-refractivity contribution in [3.05, 3.63) is 49.6 Å². The Morgan fingerprint density at radius 2 is 2.17 bits per heavy atom.